The van der Waals surface area contributed by atoms with Crippen LogP contribution in [-0.4, -0.2) is 22.9 Å². The van der Waals surface area contributed by atoms with Crippen molar-refractivity contribution in [2.75, 3.05) is 7.11 Å². The summed E-state index contributed by atoms with van der Waals surface area (Å²) in [4.78, 5) is 11.2. The molecule has 0 bridgehead atoms. The molecule has 0 aliphatic carbocycles. The molecule has 3 nitrogen and oxygen atoms in total. The van der Waals surface area contributed by atoms with Gasteiger partial charge in [0, 0.05) is 4.70 Å². The molecule has 0 aliphatic heterocycles. The fourth-order valence-electron chi connectivity index (χ4n) is 1.87. The molecule has 0 saturated heterocycles. The Bertz CT molecular complexity index is 625. The maximum absolute atomic E-state index is 11.2. The molecule has 19 heavy (non-hydrogen) atoms. The van der Waals surface area contributed by atoms with Crippen molar-refractivity contribution < 1.29 is 14.6 Å². The van der Waals surface area contributed by atoms with Crippen LogP contribution in [0.1, 0.15) is 10.8 Å². The highest BCUT2D eigenvalue weighted by Gasteiger charge is 2.19. The predicted octanol–water partition coefficient (Wildman–Crippen LogP) is 3.66. The molecule has 5 heteroatoms. The highest BCUT2D eigenvalue weighted by molar-refractivity contribution is 8.21. The first-order valence-corrected chi connectivity index (χ1v) is 6.96. The molecule has 0 aliphatic rings. The molecule has 2 rings (SSSR count). The predicted molar refractivity (Wildman–Crippen MR) is 82.1 cm³/mol. The van der Waals surface area contributed by atoms with Gasteiger partial charge in [0.15, 0.2) is 0 Å². The summed E-state index contributed by atoms with van der Waals surface area (Å²) in [5.74, 6) is -0.109. The number of rotatable bonds is 5. The van der Waals surface area contributed by atoms with Gasteiger partial charge in [0.2, 0.25) is 0 Å². The van der Waals surface area contributed by atoms with Gasteiger partial charge in [-0.15, -0.1) is 11.8 Å². The SMILES string of the molecule is COc1ccc2cc(C(SC=S)C(=O)O)ccc2c1. The molecule has 0 spiro atoms. The maximum Gasteiger partial charge on any atom is 0.321 e. The Kier molecular flexibility index (Phi) is 4.39. The van der Waals surface area contributed by atoms with Crippen LogP contribution in [0.5, 0.6) is 5.75 Å². The Labute approximate surface area is 120 Å². The second kappa shape index (κ2) is 6.04. The Morgan fingerprint density at radius 2 is 2.00 bits per heavy atom. The lowest BCUT2D eigenvalue weighted by Gasteiger charge is -2.11. The third-order valence-electron chi connectivity index (χ3n) is 2.79. The standard InChI is InChI=1S/C14H12O3S2/c1-17-12-5-4-9-6-11(3-2-10(9)7-12)13(14(15)16)19-8-18/h2-8,13H,1H3,(H,15,16). The molecular weight excluding hydrogens is 280 g/mol. The highest BCUT2D eigenvalue weighted by Crippen LogP contribution is 2.31. The van der Waals surface area contributed by atoms with Gasteiger partial charge in [0.05, 0.1) is 7.11 Å². The number of carbonyl (C=O) groups is 1. The first-order valence-electron chi connectivity index (χ1n) is 5.55. The van der Waals surface area contributed by atoms with Crippen molar-refractivity contribution in [3.8, 4) is 5.75 Å². The average molecular weight is 292 g/mol. The number of carboxylic acid groups (broad SMARTS) is 1. The van der Waals surface area contributed by atoms with Gasteiger partial charge in [-0.25, -0.2) is 0 Å². The molecule has 2 aromatic rings. The van der Waals surface area contributed by atoms with E-state index in [9.17, 15) is 9.90 Å². The fraction of sp³-hybridized carbons (Fsp3) is 0.143. The van der Waals surface area contributed by atoms with Crippen LogP contribution in [0, 0.1) is 0 Å². The minimum absolute atomic E-state index is 0.663. The Hall–Kier alpha value is -1.59. The van der Waals surface area contributed by atoms with E-state index in [1.165, 1.54) is 4.70 Å². The third kappa shape index (κ3) is 3.05. The Morgan fingerprint density at radius 3 is 2.63 bits per heavy atom. The molecule has 0 heterocycles. The highest BCUT2D eigenvalue weighted by atomic mass is 32.2. The summed E-state index contributed by atoms with van der Waals surface area (Å²) in [5, 5.41) is 10.5. The summed E-state index contributed by atoms with van der Waals surface area (Å²) < 4.78 is 6.55. The summed E-state index contributed by atoms with van der Waals surface area (Å²) in [6.07, 6.45) is 0. The van der Waals surface area contributed by atoms with Gasteiger partial charge in [-0.2, -0.15) is 0 Å². The lowest BCUT2D eigenvalue weighted by atomic mass is 10.0. The van der Waals surface area contributed by atoms with Crippen molar-refractivity contribution >= 4 is 45.4 Å². The zero-order valence-electron chi connectivity index (χ0n) is 10.2. The quantitative estimate of drug-likeness (QED) is 0.852. The van der Waals surface area contributed by atoms with Gasteiger partial charge in [-0.3, -0.25) is 4.79 Å². The van der Waals surface area contributed by atoms with Crippen LogP contribution in [0.3, 0.4) is 0 Å². The molecular formula is C14H12O3S2. The van der Waals surface area contributed by atoms with Crippen LogP contribution in [-0.2, 0) is 4.79 Å². The number of benzene rings is 2. The summed E-state index contributed by atoms with van der Waals surface area (Å²) >= 11 is 5.85. The lowest BCUT2D eigenvalue weighted by Crippen LogP contribution is -2.07. The number of ether oxygens (including phenoxy) is 1. The van der Waals surface area contributed by atoms with Gasteiger partial charge >= 0.3 is 5.97 Å². The molecule has 1 N–H and O–H groups in total. The van der Waals surface area contributed by atoms with Crippen molar-refractivity contribution in [3.63, 3.8) is 0 Å². The van der Waals surface area contributed by atoms with Gasteiger partial charge in [-0.05, 0) is 34.5 Å². The van der Waals surface area contributed by atoms with Crippen molar-refractivity contribution in [1.82, 2.24) is 0 Å². The number of fused-ring (bicyclic) bond motifs is 1. The van der Waals surface area contributed by atoms with E-state index in [-0.39, 0.29) is 0 Å². The Morgan fingerprint density at radius 1 is 1.32 bits per heavy atom. The molecule has 98 valence electrons. The van der Waals surface area contributed by atoms with Crippen molar-refractivity contribution in [2.24, 2.45) is 0 Å². The van der Waals surface area contributed by atoms with Gasteiger partial charge in [0.25, 0.3) is 0 Å². The van der Waals surface area contributed by atoms with E-state index in [1.807, 2.05) is 36.4 Å². The second-order valence-electron chi connectivity index (χ2n) is 3.92. The van der Waals surface area contributed by atoms with Crippen LogP contribution in [0.15, 0.2) is 36.4 Å². The van der Waals surface area contributed by atoms with Gasteiger partial charge in [-0.1, -0.05) is 30.4 Å². The van der Waals surface area contributed by atoms with E-state index in [4.69, 9.17) is 17.0 Å². The summed E-state index contributed by atoms with van der Waals surface area (Å²) in [5.41, 5.74) is 0.733. The second-order valence-corrected chi connectivity index (χ2v) is 5.44. The van der Waals surface area contributed by atoms with Crippen molar-refractivity contribution in [1.29, 1.82) is 0 Å². The van der Waals surface area contributed by atoms with Crippen LogP contribution in [0.2, 0.25) is 0 Å². The molecule has 0 aromatic heterocycles. The minimum atomic E-state index is -0.890. The first kappa shape index (κ1) is 13.8. The zero-order chi connectivity index (χ0) is 13.8. The number of thioether (sulfide) groups is 1. The van der Waals surface area contributed by atoms with Crippen LogP contribution >= 0.6 is 24.0 Å². The van der Waals surface area contributed by atoms with E-state index >= 15 is 0 Å². The monoisotopic (exact) mass is 292 g/mol. The van der Waals surface area contributed by atoms with E-state index in [0.717, 1.165) is 33.8 Å². The summed E-state index contributed by atoms with van der Waals surface area (Å²) in [6, 6.07) is 11.3. The van der Waals surface area contributed by atoms with E-state index in [0.29, 0.717) is 0 Å². The fourth-order valence-corrected chi connectivity index (χ4v) is 2.73. The molecule has 0 amide bonds. The van der Waals surface area contributed by atoms with E-state index in [2.05, 4.69) is 0 Å². The number of hydrogen-bond acceptors (Lipinski definition) is 4. The first-order chi connectivity index (χ1) is 9.15. The van der Waals surface area contributed by atoms with E-state index in [1.54, 1.807) is 7.11 Å². The average Bonchev–Trinajstić information content (AvgIpc) is 2.43. The number of aliphatic carboxylic acids is 1. The molecule has 0 fully saturated rings. The normalized spacial score (nSPS) is 12.1. The van der Waals surface area contributed by atoms with Crippen LogP contribution < -0.4 is 4.74 Å². The molecule has 0 saturated carbocycles. The Balaban J connectivity index is 2.45. The number of methoxy groups -OCH3 is 1. The van der Waals surface area contributed by atoms with Crippen LogP contribution in [0.25, 0.3) is 10.8 Å². The minimum Gasteiger partial charge on any atom is -0.497 e. The molecule has 2 aromatic carbocycles. The van der Waals surface area contributed by atoms with Crippen molar-refractivity contribution in [2.45, 2.75) is 5.25 Å². The molecule has 1 atom stereocenters. The largest absolute Gasteiger partial charge is 0.497 e. The number of carboxylic acids is 1. The summed E-state index contributed by atoms with van der Waals surface area (Å²) in [7, 11) is 1.62. The van der Waals surface area contributed by atoms with Crippen LogP contribution in [0.4, 0.5) is 0 Å². The van der Waals surface area contributed by atoms with E-state index < -0.39 is 11.2 Å². The molecule has 0 radical (unpaired) electrons. The third-order valence-corrected chi connectivity index (χ3v) is 3.98. The topological polar surface area (TPSA) is 46.5 Å². The smallest absolute Gasteiger partial charge is 0.321 e. The van der Waals surface area contributed by atoms with Gasteiger partial charge < -0.3 is 9.84 Å². The lowest BCUT2D eigenvalue weighted by molar-refractivity contribution is -0.136. The number of hydrogen-bond donors (Lipinski definition) is 1. The van der Waals surface area contributed by atoms with Gasteiger partial charge in [0.1, 0.15) is 11.0 Å². The van der Waals surface area contributed by atoms with Crippen molar-refractivity contribution in [3.05, 3.63) is 42.0 Å². The molecule has 1 unspecified atom stereocenters. The maximum atomic E-state index is 11.2. The summed E-state index contributed by atoms with van der Waals surface area (Å²) in [6.45, 7) is 0. The zero-order valence-corrected chi connectivity index (χ0v) is 11.8. The number of thiocarbonyl (C=S) groups is 1.